The lowest BCUT2D eigenvalue weighted by Gasteiger charge is -2.41. The van der Waals surface area contributed by atoms with Crippen molar-refractivity contribution in [1.82, 2.24) is 0 Å². The van der Waals surface area contributed by atoms with Gasteiger partial charge in [-0.25, -0.2) is 0 Å². The molecule has 2 aliphatic heterocycles. The van der Waals surface area contributed by atoms with Gasteiger partial charge < -0.3 is 14.4 Å². The molecular formula is C15H21NO2. The van der Waals surface area contributed by atoms with E-state index >= 15 is 0 Å². The lowest BCUT2D eigenvalue weighted by Crippen LogP contribution is -2.51. The maximum atomic E-state index is 5.89. The lowest BCUT2D eigenvalue weighted by molar-refractivity contribution is 0.0705. The van der Waals surface area contributed by atoms with Crippen LogP contribution in [0.4, 0.5) is 5.69 Å². The summed E-state index contributed by atoms with van der Waals surface area (Å²) in [5.41, 5.74) is 2.61. The number of morpholine rings is 1. The second kappa shape index (κ2) is 4.81. The Morgan fingerprint density at radius 2 is 2.22 bits per heavy atom. The molecule has 3 nitrogen and oxygen atoms in total. The molecule has 1 atom stereocenters. The van der Waals surface area contributed by atoms with Crippen LogP contribution in [-0.2, 0) is 11.2 Å². The van der Waals surface area contributed by atoms with Gasteiger partial charge in [0, 0.05) is 6.54 Å². The first kappa shape index (κ1) is 11.8. The Bertz CT molecular complexity index is 431. The molecular weight excluding hydrogens is 226 g/mol. The number of nitrogens with zero attached hydrogens (tertiary/aromatic N) is 1. The Labute approximate surface area is 109 Å². The molecule has 18 heavy (non-hydrogen) atoms. The van der Waals surface area contributed by atoms with Crippen LogP contribution in [-0.4, -0.2) is 32.4 Å². The molecule has 2 aliphatic rings. The number of hydrogen-bond acceptors (Lipinski definition) is 3. The minimum absolute atomic E-state index is 0.391. The highest BCUT2D eigenvalue weighted by molar-refractivity contribution is 5.62. The summed E-state index contributed by atoms with van der Waals surface area (Å²) in [7, 11) is 0. The highest BCUT2D eigenvalue weighted by atomic mass is 16.5. The lowest BCUT2D eigenvalue weighted by atomic mass is 10.0. The van der Waals surface area contributed by atoms with Crippen molar-refractivity contribution in [3.63, 3.8) is 0 Å². The predicted molar refractivity (Wildman–Crippen MR) is 72.4 cm³/mol. The maximum absolute atomic E-state index is 5.89. The topological polar surface area (TPSA) is 21.7 Å². The van der Waals surface area contributed by atoms with Gasteiger partial charge in [-0.15, -0.1) is 0 Å². The van der Waals surface area contributed by atoms with Crippen molar-refractivity contribution in [2.45, 2.75) is 26.3 Å². The first-order chi connectivity index (χ1) is 8.74. The maximum Gasteiger partial charge on any atom is 0.142 e. The fourth-order valence-electron chi connectivity index (χ4n) is 2.81. The highest BCUT2D eigenvalue weighted by Gasteiger charge is 2.30. The Balaban J connectivity index is 1.86. The predicted octanol–water partition coefficient (Wildman–Crippen LogP) is 2.48. The van der Waals surface area contributed by atoms with Crippen LogP contribution in [0.1, 0.15) is 19.4 Å². The summed E-state index contributed by atoms with van der Waals surface area (Å²) in [6, 6.07) is 7.05. The summed E-state index contributed by atoms with van der Waals surface area (Å²) >= 11 is 0. The monoisotopic (exact) mass is 247 g/mol. The molecule has 1 aromatic carbocycles. The average Bonchev–Trinajstić information content (AvgIpc) is 2.37. The third-order valence-electron chi connectivity index (χ3n) is 3.64. The summed E-state index contributed by atoms with van der Waals surface area (Å²) in [4.78, 5) is 2.43. The molecule has 0 saturated carbocycles. The van der Waals surface area contributed by atoms with E-state index in [-0.39, 0.29) is 0 Å². The number of benzene rings is 1. The summed E-state index contributed by atoms with van der Waals surface area (Å²) < 4.78 is 11.4. The SMILES string of the molecule is CC(C)Cc1ccc2c(c1)OCC1COCCN21. The molecule has 0 aromatic heterocycles. The number of hydrogen-bond donors (Lipinski definition) is 0. The van der Waals surface area contributed by atoms with Gasteiger partial charge in [0.25, 0.3) is 0 Å². The van der Waals surface area contributed by atoms with E-state index in [0.29, 0.717) is 12.0 Å². The van der Waals surface area contributed by atoms with Crippen molar-refractivity contribution in [3.05, 3.63) is 23.8 Å². The molecule has 0 N–H and O–H groups in total. The van der Waals surface area contributed by atoms with Crippen LogP contribution in [0, 0.1) is 5.92 Å². The zero-order chi connectivity index (χ0) is 12.5. The summed E-state index contributed by atoms with van der Waals surface area (Å²) in [6.07, 6.45) is 1.11. The van der Waals surface area contributed by atoms with Crippen LogP contribution < -0.4 is 9.64 Å². The Kier molecular flexibility index (Phi) is 3.16. The van der Waals surface area contributed by atoms with Crippen molar-refractivity contribution >= 4 is 5.69 Å². The molecule has 0 spiro atoms. The molecule has 98 valence electrons. The standard InChI is InChI=1S/C15H21NO2/c1-11(2)7-12-3-4-14-15(8-12)18-10-13-9-17-6-5-16(13)14/h3-4,8,11,13H,5-7,9-10H2,1-2H3. The third kappa shape index (κ3) is 2.19. The Morgan fingerprint density at radius 3 is 3.06 bits per heavy atom. The van der Waals surface area contributed by atoms with Gasteiger partial charge in [-0.1, -0.05) is 19.9 Å². The van der Waals surface area contributed by atoms with E-state index in [2.05, 4.69) is 36.9 Å². The van der Waals surface area contributed by atoms with Crippen LogP contribution in [0.25, 0.3) is 0 Å². The van der Waals surface area contributed by atoms with E-state index in [1.165, 1.54) is 11.3 Å². The molecule has 3 heteroatoms. The minimum atomic E-state index is 0.391. The molecule has 0 bridgehead atoms. The van der Waals surface area contributed by atoms with Crippen molar-refractivity contribution in [2.75, 3.05) is 31.3 Å². The van der Waals surface area contributed by atoms with Crippen LogP contribution in [0.2, 0.25) is 0 Å². The summed E-state index contributed by atoms with van der Waals surface area (Å²) in [5, 5.41) is 0. The third-order valence-corrected chi connectivity index (χ3v) is 3.64. The van der Waals surface area contributed by atoms with E-state index in [0.717, 1.165) is 38.5 Å². The first-order valence-corrected chi connectivity index (χ1v) is 6.84. The zero-order valence-electron chi connectivity index (χ0n) is 11.2. The van der Waals surface area contributed by atoms with Crippen LogP contribution in [0.5, 0.6) is 5.75 Å². The van der Waals surface area contributed by atoms with Crippen LogP contribution >= 0.6 is 0 Å². The van der Waals surface area contributed by atoms with Gasteiger partial charge in [-0.3, -0.25) is 0 Å². The van der Waals surface area contributed by atoms with Gasteiger partial charge in [0.15, 0.2) is 0 Å². The van der Waals surface area contributed by atoms with Gasteiger partial charge in [0.05, 0.1) is 24.9 Å². The molecule has 1 unspecified atom stereocenters. The smallest absolute Gasteiger partial charge is 0.142 e. The highest BCUT2D eigenvalue weighted by Crippen LogP contribution is 2.36. The Morgan fingerprint density at radius 1 is 1.33 bits per heavy atom. The Hall–Kier alpha value is -1.22. The molecule has 2 heterocycles. The summed E-state index contributed by atoms with van der Waals surface area (Å²) in [6.45, 7) is 7.83. The second-order valence-electron chi connectivity index (χ2n) is 5.63. The van der Waals surface area contributed by atoms with Crippen LogP contribution in [0.15, 0.2) is 18.2 Å². The molecule has 1 aromatic rings. The largest absolute Gasteiger partial charge is 0.489 e. The van der Waals surface area contributed by atoms with Gasteiger partial charge in [0.1, 0.15) is 12.4 Å². The molecule has 0 amide bonds. The normalized spacial score (nSPS) is 22.4. The summed E-state index contributed by atoms with van der Waals surface area (Å²) in [5.74, 6) is 1.73. The van der Waals surface area contributed by atoms with E-state index in [9.17, 15) is 0 Å². The number of ether oxygens (including phenoxy) is 2. The number of fused-ring (bicyclic) bond motifs is 3. The van der Waals surface area contributed by atoms with Crippen molar-refractivity contribution in [2.24, 2.45) is 5.92 Å². The van der Waals surface area contributed by atoms with Crippen molar-refractivity contribution in [1.29, 1.82) is 0 Å². The van der Waals surface area contributed by atoms with E-state index in [4.69, 9.17) is 9.47 Å². The minimum Gasteiger partial charge on any atom is -0.489 e. The molecule has 1 fully saturated rings. The average molecular weight is 247 g/mol. The van der Waals surface area contributed by atoms with E-state index in [1.54, 1.807) is 0 Å². The zero-order valence-corrected chi connectivity index (χ0v) is 11.2. The number of anilines is 1. The molecule has 0 radical (unpaired) electrons. The van der Waals surface area contributed by atoms with Gasteiger partial charge in [-0.2, -0.15) is 0 Å². The van der Waals surface area contributed by atoms with E-state index in [1.807, 2.05) is 0 Å². The van der Waals surface area contributed by atoms with Crippen molar-refractivity contribution < 1.29 is 9.47 Å². The first-order valence-electron chi connectivity index (χ1n) is 6.84. The second-order valence-corrected chi connectivity index (χ2v) is 5.63. The van der Waals surface area contributed by atoms with Gasteiger partial charge in [0.2, 0.25) is 0 Å². The fourth-order valence-corrected chi connectivity index (χ4v) is 2.81. The fraction of sp³-hybridized carbons (Fsp3) is 0.600. The van der Waals surface area contributed by atoms with E-state index < -0.39 is 0 Å². The number of rotatable bonds is 2. The molecule has 3 rings (SSSR count). The molecule has 0 aliphatic carbocycles. The molecule has 1 saturated heterocycles. The van der Waals surface area contributed by atoms with Crippen molar-refractivity contribution in [3.8, 4) is 5.75 Å². The van der Waals surface area contributed by atoms with Gasteiger partial charge in [-0.05, 0) is 30.0 Å². The quantitative estimate of drug-likeness (QED) is 0.801. The van der Waals surface area contributed by atoms with Crippen LogP contribution in [0.3, 0.4) is 0 Å². The van der Waals surface area contributed by atoms with Gasteiger partial charge >= 0.3 is 0 Å².